The van der Waals surface area contributed by atoms with E-state index in [9.17, 15) is 4.79 Å². The van der Waals surface area contributed by atoms with Crippen LogP contribution in [-0.2, 0) is 0 Å². The molecular weight excluding hydrogens is 264 g/mol. The third kappa shape index (κ3) is 6.27. The highest BCUT2D eigenvalue weighted by molar-refractivity contribution is 5.94. The molecule has 1 atom stereocenters. The van der Waals surface area contributed by atoms with Gasteiger partial charge < -0.3 is 15.8 Å². The van der Waals surface area contributed by atoms with Gasteiger partial charge in [-0.25, -0.2) is 0 Å². The van der Waals surface area contributed by atoms with Crippen molar-refractivity contribution >= 4 is 18.3 Å². The molecule has 0 fully saturated rings. The number of hydrogen-bond acceptors (Lipinski definition) is 3. The van der Waals surface area contributed by atoms with Gasteiger partial charge in [-0.1, -0.05) is 19.6 Å². The van der Waals surface area contributed by atoms with E-state index in [4.69, 9.17) is 10.5 Å². The lowest BCUT2D eigenvalue weighted by molar-refractivity contribution is 0.0948. The largest absolute Gasteiger partial charge is 0.490 e. The second-order valence-corrected chi connectivity index (χ2v) is 4.17. The van der Waals surface area contributed by atoms with Gasteiger partial charge >= 0.3 is 0 Å². The number of benzene rings is 1. The second-order valence-electron chi connectivity index (χ2n) is 4.17. The second kappa shape index (κ2) is 9.42. The lowest BCUT2D eigenvalue weighted by atomic mass is 10.1. The van der Waals surface area contributed by atoms with Gasteiger partial charge in [0, 0.05) is 12.1 Å². The summed E-state index contributed by atoms with van der Waals surface area (Å²) in [5.74, 6) is 0.913. The molecule has 4 nitrogen and oxygen atoms in total. The summed E-state index contributed by atoms with van der Waals surface area (Å²) in [4.78, 5) is 11.8. The standard InChI is InChI=1S/C14H20N2O2.ClH/c1-3-8-18-13-6-4-12(5-7-13)14(17)16-10-11(2)9-15;/h3-7,11H,1,8-10,15H2,2H3,(H,16,17);1H. The van der Waals surface area contributed by atoms with E-state index in [0.717, 1.165) is 5.75 Å². The van der Waals surface area contributed by atoms with Gasteiger partial charge in [-0.2, -0.15) is 0 Å². The van der Waals surface area contributed by atoms with Gasteiger partial charge in [-0.05, 0) is 36.7 Å². The maximum absolute atomic E-state index is 11.8. The van der Waals surface area contributed by atoms with Gasteiger partial charge in [-0.3, -0.25) is 4.79 Å². The third-order valence-electron chi connectivity index (χ3n) is 2.50. The van der Waals surface area contributed by atoms with E-state index in [1.807, 2.05) is 6.92 Å². The molecule has 1 aromatic carbocycles. The lowest BCUT2D eigenvalue weighted by Gasteiger charge is -2.10. The average Bonchev–Trinajstić information content (AvgIpc) is 2.42. The number of nitrogens with two attached hydrogens (primary N) is 1. The summed E-state index contributed by atoms with van der Waals surface area (Å²) in [7, 11) is 0. The highest BCUT2D eigenvalue weighted by Crippen LogP contribution is 2.12. The molecule has 106 valence electrons. The minimum Gasteiger partial charge on any atom is -0.490 e. The summed E-state index contributed by atoms with van der Waals surface area (Å²) in [6, 6.07) is 7.01. The number of carbonyl (C=O) groups excluding carboxylic acids is 1. The molecule has 1 unspecified atom stereocenters. The Morgan fingerprint density at radius 3 is 2.63 bits per heavy atom. The van der Waals surface area contributed by atoms with Crippen LogP contribution in [-0.4, -0.2) is 25.6 Å². The van der Waals surface area contributed by atoms with Crippen LogP contribution >= 0.6 is 12.4 Å². The number of ether oxygens (including phenoxy) is 1. The fourth-order valence-electron chi connectivity index (χ4n) is 1.31. The summed E-state index contributed by atoms with van der Waals surface area (Å²) in [6.07, 6.45) is 1.68. The molecular formula is C14H21ClN2O2. The van der Waals surface area contributed by atoms with Crippen molar-refractivity contribution in [2.75, 3.05) is 19.7 Å². The molecule has 1 amide bonds. The smallest absolute Gasteiger partial charge is 0.251 e. The first-order valence-electron chi connectivity index (χ1n) is 5.99. The van der Waals surface area contributed by atoms with E-state index in [1.165, 1.54) is 0 Å². The molecule has 0 radical (unpaired) electrons. The van der Waals surface area contributed by atoms with E-state index in [1.54, 1.807) is 30.3 Å². The van der Waals surface area contributed by atoms with Gasteiger partial charge in [0.2, 0.25) is 0 Å². The maximum Gasteiger partial charge on any atom is 0.251 e. The van der Waals surface area contributed by atoms with Crippen LogP contribution < -0.4 is 15.8 Å². The van der Waals surface area contributed by atoms with Crippen LogP contribution in [0.25, 0.3) is 0 Å². The van der Waals surface area contributed by atoms with Crippen molar-refractivity contribution in [3.8, 4) is 5.75 Å². The first-order valence-corrected chi connectivity index (χ1v) is 5.99. The molecule has 1 aromatic rings. The van der Waals surface area contributed by atoms with E-state index in [0.29, 0.717) is 25.3 Å². The zero-order chi connectivity index (χ0) is 13.4. The lowest BCUT2D eigenvalue weighted by Crippen LogP contribution is -2.31. The summed E-state index contributed by atoms with van der Waals surface area (Å²) < 4.78 is 5.34. The number of halogens is 1. The molecule has 3 N–H and O–H groups in total. The quantitative estimate of drug-likeness (QED) is 0.753. The van der Waals surface area contributed by atoms with Gasteiger partial charge in [0.15, 0.2) is 0 Å². The van der Waals surface area contributed by atoms with Crippen LogP contribution in [0.15, 0.2) is 36.9 Å². The van der Waals surface area contributed by atoms with Crippen LogP contribution in [0.4, 0.5) is 0 Å². The molecule has 0 aliphatic rings. The maximum atomic E-state index is 11.8. The monoisotopic (exact) mass is 284 g/mol. The number of hydrogen-bond donors (Lipinski definition) is 2. The van der Waals surface area contributed by atoms with Gasteiger partial charge in [-0.15, -0.1) is 12.4 Å². The first-order chi connectivity index (χ1) is 8.67. The molecule has 0 aliphatic heterocycles. The van der Waals surface area contributed by atoms with Crippen molar-refractivity contribution in [3.05, 3.63) is 42.5 Å². The summed E-state index contributed by atoms with van der Waals surface area (Å²) in [6.45, 7) is 7.17. The Morgan fingerprint density at radius 1 is 1.47 bits per heavy atom. The molecule has 0 aliphatic carbocycles. The minimum atomic E-state index is -0.0921. The molecule has 0 bridgehead atoms. The Bertz CT molecular complexity index is 393. The zero-order valence-corrected chi connectivity index (χ0v) is 11.9. The topological polar surface area (TPSA) is 64.3 Å². The predicted octanol–water partition coefficient (Wildman–Crippen LogP) is 2.00. The van der Waals surface area contributed by atoms with Crippen molar-refractivity contribution in [2.45, 2.75) is 6.92 Å². The summed E-state index contributed by atoms with van der Waals surface area (Å²) in [5.41, 5.74) is 6.10. The number of nitrogens with one attached hydrogen (secondary N) is 1. The van der Waals surface area contributed by atoms with Crippen molar-refractivity contribution in [2.24, 2.45) is 11.7 Å². The molecule has 0 saturated carbocycles. The fraction of sp³-hybridized carbons (Fsp3) is 0.357. The van der Waals surface area contributed by atoms with Crippen LogP contribution in [0.1, 0.15) is 17.3 Å². The molecule has 19 heavy (non-hydrogen) atoms. The molecule has 0 spiro atoms. The predicted molar refractivity (Wildman–Crippen MR) is 79.9 cm³/mol. The summed E-state index contributed by atoms with van der Waals surface area (Å²) in [5, 5.41) is 2.84. The van der Waals surface area contributed by atoms with E-state index < -0.39 is 0 Å². The van der Waals surface area contributed by atoms with Crippen molar-refractivity contribution < 1.29 is 9.53 Å². The van der Waals surface area contributed by atoms with Gasteiger partial charge in [0.05, 0.1) is 0 Å². The van der Waals surface area contributed by atoms with E-state index in [-0.39, 0.29) is 24.2 Å². The van der Waals surface area contributed by atoms with Crippen LogP contribution in [0.2, 0.25) is 0 Å². The number of amides is 1. The zero-order valence-electron chi connectivity index (χ0n) is 11.1. The normalized spacial score (nSPS) is 11.1. The van der Waals surface area contributed by atoms with E-state index >= 15 is 0 Å². The average molecular weight is 285 g/mol. The molecule has 5 heteroatoms. The van der Waals surface area contributed by atoms with Gasteiger partial charge in [0.25, 0.3) is 5.91 Å². The number of rotatable bonds is 7. The third-order valence-corrected chi connectivity index (χ3v) is 2.50. The Balaban J connectivity index is 0.00000324. The van der Waals surface area contributed by atoms with Crippen molar-refractivity contribution in [1.29, 1.82) is 0 Å². The minimum absolute atomic E-state index is 0. The molecule has 0 saturated heterocycles. The highest BCUT2D eigenvalue weighted by atomic mass is 35.5. The van der Waals surface area contributed by atoms with Gasteiger partial charge in [0.1, 0.15) is 12.4 Å². The Hall–Kier alpha value is -1.52. The highest BCUT2D eigenvalue weighted by Gasteiger charge is 2.06. The number of carbonyl (C=O) groups is 1. The van der Waals surface area contributed by atoms with Crippen molar-refractivity contribution in [1.82, 2.24) is 5.32 Å². The molecule has 1 rings (SSSR count). The van der Waals surface area contributed by atoms with Crippen LogP contribution in [0, 0.1) is 5.92 Å². The van der Waals surface area contributed by atoms with Crippen LogP contribution in [0.5, 0.6) is 5.75 Å². The summed E-state index contributed by atoms with van der Waals surface area (Å²) >= 11 is 0. The Morgan fingerprint density at radius 2 is 2.11 bits per heavy atom. The fourth-order valence-corrected chi connectivity index (χ4v) is 1.31. The van der Waals surface area contributed by atoms with Crippen LogP contribution in [0.3, 0.4) is 0 Å². The van der Waals surface area contributed by atoms with E-state index in [2.05, 4.69) is 11.9 Å². The first kappa shape index (κ1) is 17.5. The Labute approximate surface area is 120 Å². The molecule has 0 aromatic heterocycles. The Kier molecular flexibility index (Phi) is 8.66. The SMILES string of the molecule is C=CCOc1ccc(C(=O)NCC(C)CN)cc1.Cl. The van der Waals surface area contributed by atoms with Crippen molar-refractivity contribution in [3.63, 3.8) is 0 Å². The molecule has 0 heterocycles.